The van der Waals surface area contributed by atoms with E-state index in [1.807, 2.05) is 31.2 Å². The number of nitrogens with one attached hydrogen (secondary N) is 1. The molecule has 0 aliphatic carbocycles. The number of rotatable bonds is 8. The maximum atomic E-state index is 12.8. The minimum atomic E-state index is -0.109. The minimum absolute atomic E-state index is 0.109. The number of benzene rings is 3. The van der Waals surface area contributed by atoms with Crippen LogP contribution in [0.2, 0.25) is 5.02 Å². The standard InChI is InChI=1S/C29H34ClN3O3/c1-21-24(9-6-10-25(21)30)29(34)31-19-23-8-4-5-11-26(23)33-15-7-14-32(16-17-33)20-22-12-13-27(35-2)28(18-22)36-3/h4-6,8-13,18H,7,14-17,19-20H2,1-3H3,(H,31,34). The molecule has 190 valence electrons. The number of carbonyl (C=O) groups is 1. The van der Waals surface area contributed by atoms with Crippen LogP contribution in [0.3, 0.4) is 0 Å². The van der Waals surface area contributed by atoms with Gasteiger partial charge in [-0.15, -0.1) is 0 Å². The van der Waals surface area contributed by atoms with Gasteiger partial charge in [0.2, 0.25) is 0 Å². The summed E-state index contributed by atoms with van der Waals surface area (Å²) in [4.78, 5) is 17.7. The zero-order valence-corrected chi connectivity index (χ0v) is 22.0. The van der Waals surface area contributed by atoms with Gasteiger partial charge in [-0.25, -0.2) is 0 Å². The molecule has 0 bridgehead atoms. The Morgan fingerprint density at radius 1 is 0.944 bits per heavy atom. The molecule has 6 nitrogen and oxygen atoms in total. The van der Waals surface area contributed by atoms with Crippen LogP contribution in [0.15, 0.2) is 60.7 Å². The van der Waals surface area contributed by atoms with Crippen molar-refractivity contribution in [2.24, 2.45) is 0 Å². The first-order valence-electron chi connectivity index (χ1n) is 12.3. The topological polar surface area (TPSA) is 54.0 Å². The number of nitrogens with zero attached hydrogens (tertiary/aromatic N) is 2. The number of hydrogen-bond donors (Lipinski definition) is 1. The molecule has 1 amide bonds. The Balaban J connectivity index is 1.40. The van der Waals surface area contributed by atoms with Crippen molar-refractivity contribution in [3.8, 4) is 11.5 Å². The molecule has 7 heteroatoms. The Bertz CT molecular complexity index is 1200. The van der Waals surface area contributed by atoms with Gasteiger partial charge in [-0.2, -0.15) is 0 Å². The molecule has 0 atom stereocenters. The van der Waals surface area contributed by atoms with Crippen LogP contribution in [0.4, 0.5) is 5.69 Å². The third-order valence-corrected chi connectivity index (χ3v) is 7.14. The molecule has 1 fully saturated rings. The van der Waals surface area contributed by atoms with Gasteiger partial charge in [0, 0.05) is 55.5 Å². The van der Waals surface area contributed by atoms with Crippen molar-refractivity contribution in [3.05, 3.63) is 87.9 Å². The normalized spacial score (nSPS) is 14.3. The van der Waals surface area contributed by atoms with E-state index in [-0.39, 0.29) is 5.91 Å². The van der Waals surface area contributed by atoms with Gasteiger partial charge in [-0.3, -0.25) is 9.69 Å². The summed E-state index contributed by atoms with van der Waals surface area (Å²) >= 11 is 6.21. The Labute approximate surface area is 218 Å². The van der Waals surface area contributed by atoms with E-state index in [2.05, 4.69) is 45.4 Å². The largest absolute Gasteiger partial charge is 0.493 e. The van der Waals surface area contributed by atoms with Crippen molar-refractivity contribution >= 4 is 23.2 Å². The molecule has 36 heavy (non-hydrogen) atoms. The number of carbonyl (C=O) groups excluding carboxylic acids is 1. The highest BCUT2D eigenvalue weighted by Gasteiger charge is 2.19. The average Bonchev–Trinajstić information content (AvgIpc) is 3.14. The van der Waals surface area contributed by atoms with Gasteiger partial charge >= 0.3 is 0 Å². The predicted molar refractivity (Wildman–Crippen MR) is 145 cm³/mol. The summed E-state index contributed by atoms with van der Waals surface area (Å²) in [5, 5.41) is 3.69. The first kappa shape index (κ1) is 25.9. The maximum Gasteiger partial charge on any atom is 0.251 e. The average molecular weight is 508 g/mol. The fourth-order valence-corrected chi connectivity index (χ4v) is 4.87. The molecule has 0 aromatic heterocycles. The molecule has 1 N–H and O–H groups in total. The van der Waals surface area contributed by atoms with E-state index >= 15 is 0 Å². The summed E-state index contributed by atoms with van der Waals surface area (Å²) in [7, 11) is 3.32. The van der Waals surface area contributed by atoms with Crippen molar-refractivity contribution in [2.75, 3.05) is 45.3 Å². The molecule has 0 unspecified atom stereocenters. The first-order valence-corrected chi connectivity index (χ1v) is 12.7. The molecule has 1 saturated heterocycles. The van der Waals surface area contributed by atoms with Crippen molar-refractivity contribution in [1.29, 1.82) is 0 Å². The molecule has 3 aromatic rings. The lowest BCUT2D eigenvalue weighted by Gasteiger charge is -2.26. The van der Waals surface area contributed by atoms with E-state index in [4.69, 9.17) is 21.1 Å². The van der Waals surface area contributed by atoms with Gasteiger partial charge in [0.05, 0.1) is 14.2 Å². The van der Waals surface area contributed by atoms with E-state index < -0.39 is 0 Å². The van der Waals surface area contributed by atoms with Gasteiger partial charge < -0.3 is 19.7 Å². The fourth-order valence-electron chi connectivity index (χ4n) is 4.70. The lowest BCUT2D eigenvalue weighted by molar-refractivity contribution is 0.0950. The molecule has 0 spiro atoms. The second-order valence-electron chi connectivity index (χ2n) is 9.03. The first-order chi connectivity index (χ1) is 17.5. The summed E-state index contributed by atoms with van der Waals surface area (Å²) in [6.07, 6.45) is 1.07. The quantitative estimate of drug-likeness (QED) is 0.448. The molecular weight excluding hydrogens is 474 g/mol. The monoisotopic (exact) mass is 507 g/mol. The third kappa shape index (κ3) is 6.12. The van der Waals surface area contributed by atoms with E-state index in [9.17, 15) is 4.79 Å². The molecule has 3 aromatic carbocycles. The lowest BCUT2D eigenvalue weighted by atomic mass is 10.1. The van der Waals surface area contributed by atoms with Crippen LogP contribution in [0, 0.1) is 6.92 Å². The van der Waals surface area contributed by atoms with E-state index in [0.29, 0.717) is 17.1 Å². The Kier molecular flexibility index (Phi) is 8.73. The van der Waals surface area contributed by atoms with Crippen molar-refractivity contribution in [3.63, 3.8) is 0 Å². The predicted octanol–water partition coefficient (Wildman–Crippen LogP) is 5.31. The zero-order chi connectivity index (χ0) is 25.5. The van der Waals surface area contributed by atoms with Crippen LogP contribution >= 0.6 is 11.6 Å². The minimum Gasteiger partial charge on any atom is -0.493 e. The van der Waals surface area contributed by atoms with Gasteiger partial charge in [0.1, 0.15) is 0 Å². The maximum absolute atomic E-state index is 12.8. The highest BCUT2D eigenvalue weighted by atomic mass is 35.5. The molecular formula is C29H34ClN3O3. The Morgan fingerprint density at radius 2 is 1.75 bits per heavy atom. The van der Waals surface area contributed by atoms with Crippen molar-refractivity contribution in [1.82, 2.24) is 10.2 Å². The molecule has 1 aliphatic rings. The zero-order valence-electron chi connectivity index (χ0n) is 21.2. The van der Waals surface area contributed by atoms with Crippen LogP contribution in [-0.2, 0) is 13.1 Å². The number of ether oxygens (including phenoxy) is 2. The number of anilines is 1. The molecule has 4 rings (SSSR count). The van der Waals surface area contributed by atoms with Crippen LogP contribution in [0.1, 0.15) is 33.5 Å². The van der Waals surface area contributed by atoms with E-state index in [0.717, 1.165) is 61.8 Å². The van der Waals surface area contributed by atoms with Gasteiger partial charge in [-0.05, 0) is 60.4 Å². The molecule has 0 radical (unpaired) electrons. The smallest absolute Gasteiger partial charge is 0.251 e. The number of amides is 1. The molecule has 0 saturated carbocycles. The second kappa shape index (κ2) is 12.2. The molecule has 1 heterocycles. The second-order valence-corrected chi connectivity index (χ2v) is 9.44. The fraction of sp³-hybridized carbons (Fsp3) is 0.345. The van der Waals surface area contributed by atoms with E-state index in [1.54, 1.807) is 20.3 Å². The molecule has 1 aliphatic heterocycles. The third-order valence-electron chi connectivity index (χ3n) is 6.73. The summed E-state index contributed by atoms with van der Waals surface area (Å²) < 4.78 is 10.8. The number of para-hydroxylation sites is 1. The summed E-state index contributed by atoms with van der Waals surface area (Å²) in [5.41, 5.74) is 4.90. The van der Waals surface area contributed by atoms with Gasteiger partial charge in [0.15, 0.2) is 11.5 Å². The van der Waals surface area contributed by atoms with Crippen molar-refractivity contribution in [2.45, 2.75) is 26.4 Å². The lowest BCUT2D eigenvalue weighted by Crippen LogP contribution is -2.32. The highest BCUT2D eigenvalue weighted by Crippen LogP contribution is 2.29. The van der Waals surface area contributed by atoms with Crippen LogP contribution in [0.5, 0.6) is 11.5 Å². The van der Waals surface area contributed by atoms with Crippen molar-refractivity contribution < 1.29 is 14.3 Å². The summed E-state index contributed by atoms with van der Waals surface area (Å²) in [6, 6.07) is 19.9. The highest BCUT2D eigenvalue weighted by molar-refractivity contribution is 6.31. The summed E-state index contributed by atoms with van der Waals surface area (Å²) in [5.74, 6) is 1.40. The van der Waals surface area contributed by atoms with Crippen LogP contribution in [0.25, 0.3) is 0 Å². The SMILES string of the molecule is COc1ccc(CN2CCCN(c3ccccc3CNC(=O)c3cccc(Cl)c3C)CC2)cc1OC. The van der Waals surface area contributed by atoms with Gasteiger partial charge in [0.25, 0.3) is 5.91 Å². The van der Waals surface area contributed by atoms with E-state index in [1.165, 1.54) is 11.3 Å². The Morgan fingerprint density at radius 3 is 2.56 bits per heavy atom. The van der Waals surface area contributed by atoms with Gasteiger partial charge in [-0.1, -0.05) is 41.9 Å². The van der Waals surface area contributed by atoms with Crippen LogP contribution in [-0.4, -0.2) is 51.2 Å². The van der Waals surface area contributed by atoms with Crippen LogP contribution < -0.4 is 19.7 Å². The number of halogens is 1. The Hall–Kier alpha value is -3.22. The number of methoxy groups -OCH3 is 2. The summed E-state index contributed by atoms with van der Waals surface area (Å²) in [6.45, 7) is 7.08. The number of hydrogen-bond acceptors (Lipinski definition) is 5.